The second-order valence-corrected chi connectivity index (χ2v) is 6.46. The summed E-state index contributed by atoms with van der Waals surface area (Å²) in [6.45, 7) is 3.97. The van der Waals surface area contributed by atoms with Crippen molar-refractivity contribution < 1.29 is 13.2 Å². The molecule has 7 heteroatoms. The van der Waals surface area contributed by atoms with Crippen LogP contribution in [0, 0.1) is 13.8 Å². The zero-order valence-corrected chi connectivity index (χ0v) is 14.8. The molecule has 0 spiro atoms. The molecule has 0 aliphatic heterocycles. The van der Waals surface area contributed by atoms with Gasteiger partial charge in [0.05, 0.1) is 33.5 Å². The van der Waals surface area contributed by atoms with Crippen molar-refractivity contribution >= 4 is 16.6 Å². The number of rotatable bonds is 2. The van der Waals surface area contributed by atoms with Crippen molar-refractivity contribution in [3.05, 3.63) is 65.0 Å². The van der Waals surface area contributed by atoms with Gasteiger partial charge in [0.15, 0.2) is 0 Å². The maximum atomic E-state index is 13.3. The van der Waals surface area contributed by atoms with Crippen molar-refractivity contribution in [3.63, 3.8) is 0 Å². The number of halogens is 3. The highest BCUT2D eigenvalue weighted by Crippen LogP contribution is 2.34. The molecule has 0 aliphatic rings. The molecule has 0 bridgehead atoms. The van der Waals surface area contributed by atoms with Crippen molar-refractivity contribution in [3.8, 4) is 11.4 Å². The van der Waals surface area contributed by atoms with Gasteiger partial charge in [-0.25, -0.2) is 9.97 Å². The zero-order chi connectivity index (χ0) is 19.3. The van der Waals surface area contributed by atoms with E-state index in [0.717, 1.165) is 23.3 Å². The molecular weight excluding hydrogens is 353 g/mol. The Labute approximate surface area is 153 Å². The molecule has 2 aromatic heterocycles. The molecule has 4 rings (SSSR count). The average molecular weight is 370 g/mol. The lowest BCUT2D eigenvalue weighted by Crippen LogP contribution is -2.06. The highest BCUT2D eigenvalue weighted by Gasteiger charge is 2.31. The molecule has 138 valence electrons. The summed E-state index contributed by atoms with van der Waals surface area (Å²) in [5, 5.41) is 0. The first-order valence-corrected chi connectivity index (χ1v) is 8.46. The monoisotopic (exact) mass is 370 g/mol. The molecule has 0 saturated heterocycles. The minimum atomic E-state index is -4.43. The Kier molecular flexibility index (Phi) is 3.92. The molecule has 4 nitrogen and oxygen atoms in total. The van der Waals surface area contributed by atoms with Crippen LogP contribution in [0.1, 0.15) is 22.5 Å². The van der Waals surface area contributed by atoms with E-state index in [1.54, 1.807) is 4.40 Å². The summed E-state index contributed by atoms with van der Waals surface area (Å²) in [5.74, 6) is 0.568. The third kappa shape index (κ3) is 2.75. The van der Waals surface area contributed by atoms with Gasteiger partial charge in [0, 0.05) is 12.1 Å². The average Bonchev–Trinajstić information content (AvgIpc) is 2.99. The number of aromatic nitrogens is 3. The Balaban J connectivity index is 2.17. The summed E-state index contributed by atoms with van der Waals surface area (Å²) >= 11 is 0. The van der Waals surface area contributed by atoms with E-state index in [4.69, 9.17) is 5.73 Å². The second kappa shape index (κ2) is 6.06. The topological polar surface area (TPSA) is 56.2 Å². The van der Waals surface area contributed by atoms with Crippen molar-refractivity contribution in [2.75, 3.05) is 0 Å². The SMILES string of the molecule is Cc1nc(-c2ccccc2CN)n2c1c(C)nc1ccc(C(F)(F)F)cc12. The Hall–Kier alpha value is -2.93. The number of nitrogens with zero attached hydrogens (tertiary/aromatic N) is 3. The fraction of sp³-hybridized carbons (Fsp3) is 0.200. The van der Waals surface area contributed by atoms with Gasteiger partial charge in [-0.2, -0.15) is 13.2 Å². The molecule has 0 radical (unpaired) electrons. The molecule has 0 fully saturated rings. The molecule has 4 aromatic rings. The number of aryl methyl sites for hydroxylation is 2. The van der Waals surface area contributed by atoms with Gasteiger partial charge in [-0.05, 0) is 37.6 Å². The van der Waals surface area contributed by atoms with E-state index >= 15 is 0 Å². The van der Waals surface area contributed by atoms with Crippen molar-refractivity contribution in [1.82, 2.24) is 14.4 Å². The van der Waals surface area contributed by atoms with Crippen LogP contribution in [0.25, 0.3) is 27.9 Å². The number of nitrogens with two attached hydrogens (primary N) is 1. The molecule has 2 aromatic carbocycles. The lowest BCUT2D eigenvalue weighted by atomic mass is 10.1. The molecule has 0 saturated carbocycles. The van der Waals surface area contributed by atoms with Crippen molar-refractivity contribution in [1.29, 1.82) is 0 Å². The van der Waals surface area contributed by atoms with Crippen LogP contribution in [-0.4, -0.2) is 14.4 Å². The Morgan fingerprint density at radius 1 is 1.00 bits per heavy atom. The van der Waals surface area contributed by atoms with Crippen LogP contribution < -0.4 is 5.73 Å². The molecule has 27 heavy (non-hydrogen) atoms. The Morgan fingerprint density at radius 3 is 2.41 bits per heavy atom. The predicted octanol–water partition coefficient (Wildman–Crippen LogP) is 4.64. The summed E-state index contributed by atoms with van der Waals surface area (Å²) in [7, 11) is 0. The predicted molar refractivity (Wildman–Crippen MR) is 98.3 cm³/mol. The van der Waals surface area contributed by atoms with Crippen LogP contribution in [0.5, 0.6) is 0 Å². The maximum Gasteiger partial charge on any atom is 0.416 e. The highest BCUT2D eigenvalue weighted by atomic mass is 19.4. The first-order valence-electron chi connectivity index (χ1n) is 8.46. The zero-order valence-electron chi connectivity index (χ0n) is 14.8. The van der Waals surface area contributed by atoms with Crippen LogP contribution in [0.4, 0.5) is 13.2 Å². The number of hydrogen-bond acceptors (Lipinski definition) is 3. The standard InChI is InChI=1S/C20H17F3N4/c1-11-18-12(2)26-19(15-6-4-3-5-13(15)10-24)27(18)17-9-14(20(21,22)23)7-8-16(17)25-11/h3-9H,10,24H2,1-2H3. The molecular formula is C20H17F3N4. The fourth-order valence-electron chi connectivity index (χ4n) is 3.49. The normalized spacial score (nSPS) is 12.2. The maximum absolute atomic E-state index is 13.3. The molecule has 2 N–H and O–H groups in total. The van der Waals surface area contributed by atoms with Crippen LogP contribution in [-0.2, 0) is 12.7 Å². The number of alkyl halides is 3. The fourth-order valence-corrected chi connectivity index (χ4v) is 3.49. The van der Waals surface area contributed by atoms with Gasteiger partial charge in [0.2, 0.25) is 0 Å². The molecule has 2 heterocycles. The van der Waals surface area contributed by atoms with Crippen LogP contribution in [0.2, 0.25) is 0 Å². The number of hydrogen-bond donors (Lipinski definition) is 1. The van der Waals surface area contributed by atoms with Crippen molar-refractivity contribution in [2.45, 2.75) is 26.6 Å². The van der Waals surface area contributed by atoms with Gasteiger partial charge < -0.3 is 5.73 Å². The smallest absolute Gasteiger partial charge is 0.326 e. The molecule has 0 unspecified atom stereocenters. The second-order valence-electron chi connectivity index (χ2n) is 6.46. The minimum Gasteiger partial charge on any atom is -0.326 e. The Bertz CT molecular complexity index is 1180. The van der Waals surface area contributed by atoms with Gasteiger partial charge in [0.1, 0.15) is 5.82 Å². The van der Waals surface area contributed by atoms with Gasteiger partial charge in [0.25, 0.3) is 0 Å². The summed E-state index contributed by atoms with van der Waals surface area (Å²) in [4.78, 5) is 9.14. The number of benzene rings is 2. The molecule has 0 amide bonds. The van der Waals surface area contributed by atoms with Crippen LogP contribution in [0.15, 0.2) is 42.5 Å². The third-order valence-electron chi connectivity index (χ3n) is 4.70. The first-order chi connectivity index (χ1) is 12.8. The van der Waals surface area contributed by atoms with Gasteiger partial charge >= 0.3 is 6.18 Å². The van der Waals surface area contributed by atoms with E-state index in [0.29, 0.717) is 40.3 Å². The van der Waals surface area contributed by atoms with Crippen LogP contribution >= 0.6 is 0 Å². The lowest BCUT2D eigenvalue weighted by molar-refractivity contribution is -0.137. The minimum absolute atomic E-state index is 0.305. The summed E-state index contributed by atoms with van der Waals surface area (Å²) < 4.78 is 41.6. The Morgan fingerprint density at radius 2 is 1.70 bits per heavy atom. The number of fused-ring (bicyclic) bond motifs is 3. The van der Waals surface area contributed by atoms with E-state index in [9.17, 15) is 13.2 Å². The summed E-state index contributed by atoms with van der Waals surface area (Å²) in [6.07, 6.45) is -4.43. The van der Waals surface area contributed by atoms with Crippen molar-refractivity contribution in [2.24, 2.45) is 5.73 Å². The first kappa shape index (κ1) is 17.5. The van der Waals surface area contributed by atoms with E-state index in [1.165, 1.54) is 6.07 Å². The van der Waals surface area contributed by atoms with E-state index in [2.05, 4.69) is 9.97 Å². The van der Waals surface area contributed by atoms with E-state index in [1.807, 2.05) is 38.1 Å². The van der Waals surface area contributed by atoms with E-state index in [-0.39, 0.29) is 0 Å². The molecule has 0 aliphatic carbocycles. The van der Waals surface area contributed by atoms with E-state index < -0.39 is 11.7 Å². The van der Waals surface area contributed by atoms with Gasteiger partial charge in [-0.1, -0.05) is 24.3 Å². The summed E-state index contributed by atoms with van der Waals surface area (Å²) in [6, 6.07) is 11.1. The quantitative estimate of drug-likeness (QED) is 0.559. The largest absolute Gasteiger partial charge is 0.416 e. The number of imidazole rings is 1. The summed E-state index contributed by atoms with van der Waals surface area (Å²) in [5.41, 5.74) is 9.81. The highest BCUT2D eigenvalue weighted by molar-refractivity contribution is 5.84. The van der Waals surface area contributed by atoms with Gasteiger partial charge in [-0.15, -0.1) is 0 Å². The molecule has 0 atom stereocenters. The van der Waals surface area contributed by atoms with Gasteiger partial charge in [-0.3, -0.25) is 4.40 Å². The van der Waals surface area contributed by atoms with Crippen LogP contribution in [0.3, 0.4) is 0 Å². The third-order valence-corrected chi connectivity index (χ3v) is 4.70. The lowest BCUT2D eigenvalue weighted by Gasteiger charge is -2.13.